The van der Waals surface area contributed by atoms with Crippen LogP contribution in [0.1, 0.15) is 63.0 Å². The van der Waals surface area contributed by atoms with Gasteiger partial charge in [0.25, 0.3) is 0 Å². The Labute approximate surface area is 148 Å². The van der Waals surface area contributed by atoms with Crippen molar-refractivity contribution < 1.29 is 0 Å². The van der Waals surface area contributed by atoms with Crippen molar-refractivity contribution in [1.29, 1.82) is 0 Å². The summed E-state index contributed by atoms with van der Waals surface area (Å²) in [5.74, 6) is 2.38. The molecule has 116 valence electrons. The van der Waals surface area contributed by atoms with Gasteiger partial charge in [-0.2, -0.15) is 0 Å². The standard InChI is InChI=1S/C21H25I/c1-21(2)19-6-4-3-5-17(19)18-12-9-15(13-20(18)21)14-7-10-16(22)11-8-14/h3-6,9-10,14,18,20H,7-8,11-13H2,1-2H3/t14-,18?,20?/m0/s1. The third-order valence-corrected chi connectivity index (χ3v) is 7.42. The lowest BCUT2D eigenvalue weighted by Gasteiger charge is -2.37. The predicted molar refractivity (Wildman–Crippen MR) is 102 cm³/mol. The maximum atomic E-state index is 2.61. The summed E-state index contributed by atoms with van der Waals surface area (Å²) in [7, 11) is 0. The molecule has 0 spiro atoms. The Hall–Kier alpha value is -0.570. The van der Waals surface area contributed by atoms with Crippen molar-refractivity contribution >= 4 is 22.6 Å². The molecule has 0 aliphatic heterocycles. The van der Waals surface area contributed by atoms with Gasteiger partial charge >= 0.3 is 0 Å². The lowest BCUT2D eigenvalue weighted by Crippen LogP contribution is -2.29. The summed E-state index contributed by atoms with van der Waals surface area (Å²) in [5, 5.41) is 0. The van der Waals surface area contributed by atoms with Gasteiger partial charge in [0, 0.05) is 0 Å². The quantitative estimate of drug-likeness (QED) is 0.369. The SMILES string of the molecule is CC1(C)c2ccccc2C2CC=C([C@H]3CC=C(I)CC3)CC21. The molecule has 0 radical (unpaired) electrons. The molecule has 1 aromatic carbocycles. The van der Waals surface area contributed by atoms with E-state index in [1.54, 1.807) is 20.3 Å². The molecule has 0 heterocycles. The molecular weight excluding hydrogens is 379 g/mol. The van der Waals surface area contributed by atoms with E-state index in [1.807, 2.05) is 0 Å². The Kier molecular flexibility index (Phi) is 3.75. The number of hydrogen-bond acceptors (Lipinski definition) is 0. The summed E-state index contributed by atoms with van der Waals surface area (Å²) in [4.78, 5) is 0. The smallest absolute Gasteiger partial charge is 0.00635 e. The third-order valence-electron chi connectivity index (χ3n) is 6.44. The topological polar surface area (TPSA) is 0 Å². The molecule has 0 bridgehead atoms. The van der Waals surface area contributed by atoms with Crippen LogP contribution in [0.3, 0.4) is 0 Å². The maximum Gasteiger partial charge on any atom is -0.00635 e. The third kappa shape index (κ3) is 2.31. The van der Waals surface area contributed by atoms with Gasteiger partial charge in [-0.05, 0) is 92.6 Å². The molecule has 0 N–H and O–H groups in total. The normalized spacial score (nSPS) is 32.8. The van der Waals surface area contributed by atoms with Gasteiger partial charge in [0.1, 0.15) is 0 Å². The molecule has 4 rings (SSSR count). The molecule has 0 nitrogen and oxygen atoms in total. The zero-order chi connectivity index (χ0) is 15.3. The lowest BCUT2D eigenvalue weighted by atomic mass is 9.67. The van der Waals surface area contributed by atoms with Crippen molar-refractivity contribution in [3.63, 3.8) is 0 Å². The fourth-order valence-electron chi connectivity index (χ4n) is 5.10. The molecular formula is C21H25I. The molecule has 2 unspecified atom stereocenters. The average Bonchev–Trinajstić information content (AvgIpc) is 2.77. The first-order chi connectivity index (χ1) is 10.6. The van der Waals surface area contributed by atoms with Gasteiger partial charge in [-0.3, -0.25) is 0 Å². The highest BCUT2D eigenvalue weighted by molar-refractivity contribution is 14.1. The van der Waals surface area contributed by atoms with E-state index >= 15 is 0 Å². The zero-order valence-electron chi connectivity index (χ0n) is 13.6. The van der Waals surface area contributed by atoms with E-state index in [0.717, 1.165) is 17.8 Å². The van der Waals surface area contributed by atoms with Crippen LogP contribution in [0.25, 0.3) is 0 Å². The minimum atomic E-state index is 0.333. The molecule has 22 heavy (non-hydrogen) atoms. The molecule has 1 aromatic rings. The first-order valence-corrected chi connectivity index (χ1v) is 9.78. The van der Waals surface area contributed by atoms with Crippen LogP contribution in [0.5, 0.6) is 0 Å². The van der Waals surface area contributed by atoms with E-state index in [0.29, 0.717) is 5.41 Å². The highest BCUT2D eigenvalue weighted by atomic mass is 127. The maximum absolute atomic E-state index is 2.61. The fourth-order valence-corrected chi connectivity index (χ4v) is 5.67. The summed E-state index contributed by atoms with van der Waals surface area (Å²) < 4.78 is 1.57. The van der Waals surface area contributed by atoms with Gasteiger partial charge < -0.3 is 0 Å². The Morgan fingerprint density at radius 2 is 1.91 bits per heavy atom. The molecule has 3 atom stereocenters. The average molecular weight is 404 g/mol. The first-order valence-electron chi connectivity index (χ1n) is 8.70. The summed E-state index contributed by atoms with van der Waals surface area (Å²) in [6, 6.07) is 9.20. The van der Waals surface area contributed by atoms with Crippen molar-refractivity contribution in [3.05, 3.63) is 56.7 Å². The summed E-state index contributed by atoms with van der Waals surface area (Å²) in [6.45, 7) is 4.95. The van der Waals surface area contributed by atoms with Crippen LogP contribution in [0, 0.1) is 11.8 Å². The second-order valence-electron chi connectivity index (χ2n) is 7.86. The number of allylic oxidation sites excluding steroid dienone is 4. The molecule has 0 saturated heterocycles. The van der Waals surface area contributed by atoms with Gasteiger partial charge in [0.15, 0.2) is 0 Å². The van der Waals surface area contributed by atoms with Crippen molar-refractivity contribution in [2.75, 3.05) is 0 Å². The van der Waals surface area contributed by atoms with Crippen molar-refractivity contribution in [3.8, 4) is 0 Å². The van der Waals surface area contributed by atoms with E-state index in [2.05, 4.69) is 72.9 Å². The van der Waals surface area contributed by atoms with Gasteiger partial charge in [0.05, 0.1) is 0 Å². The Morgan fingerprint density at radius 1 is 1.09 bits per heavy atom. The number of hydrogen-bond donors (Lipinski definition) is 0. The number of fused-ring (bicyclic) bond motifs is 3. The second kappa shape index (κ2) is 5.51. The fraction of sp³-hybridized carbons (Fsp3) is 0.524. The van der Waals surface area contributed by atoms with Crippen LogP contribution >= 0.6 is 22.6 Å². The minimum Gasteiger partial charge on any atom is -0.0844 e. The first kappa shape index (κ1) is 15.0. The van der Waals surface area contributed by atoms with E-state index in [9.17, 15) is 0 Å². The number of halogens is 1. The van der Waals surface area contributed by atoms with Gasteiger partial charge in [0.2, 0.25) is 0 Å². The predicted octanol–water partition coefficient (Wildman–Crippen LogP) is 6.52. The van der Waals surface area contributed by atoms with Gasteiger partial charge in [-0.25, -0.2) is 0 Å². The Balaban J connectivity index is 1.62. The van der Waals surface area contributed by atoms with Crippen molar-refractivity contribution in [2.45, 2.75) is 57.3 Å². The van der Waals surface area contributed by atoms with E-state index in [1.165, 1.54) is 32.1 Å². The molecule has 0 fully saturated rings. The molecule has 0 saturated carbocycles. The minimum absolute atomic E-state index is 0.333. The molecule has 3 aliphatic rings. The highest BCUT2D eigenvalue weighted by Crippen LogP contribution is 2.57. The molecule has 0 amide bonds. The Bertz CT molecular complexity index is 650. The molecule has 1 heteroatoms. The zero-order valence-corrected chi connectivity index (χ0v) is 15.8. The summed E-state index contributed by atoms with van der Waals surface area (Å²) >= 11 is 2.51. The summed E-state index contributed by atoms with van der Waals surface area (Å²) in [5.41, 5.74) is 5.34. The van der Waals surface area contributed by atoms with Crippen LogP contribution in [0.4, 0.5) is 0 Å². The van der Waals surface area contributed by atoms with Crippen LogP contribution in [0.15, 0.2) is 45.6 Å². The Morgan fingerprint density at radius 3 is 2.68 bits per heavy atom. The lowest BCUT2D eigenvalue weighted by molar-refractivity contribution is 0.277. The van der Waals surface area contributed by atoms with Crippen molar-refractivity contribution in [2.24, 2.45) is 11.8 Å². The van der Waals surface area contributed by atoms with Crippen molar-refractivity contribution in [1.82, 2.24) is 0 Å². The number of benzene rings is 1. The number of rotatable bonds is 1. The van der Waals surface area contributed by atoms with E-state index in [-0.39, 0.29) is 0 Å². The van der Waals surface area contributed by atoms with Crippen LogP contribution < -0.4 is 0 Å². The monoisotopic (exact) mass is 404 g/mol. The van der Waals surface area contributed by atoms with Crippen LogP contribution in [-0.4, -0.2) is 0 Å². The summed E-state index contributed by atoms with van der Waals surface area (Å²) in [6.07, 6.45) is 11.6. The van der Waals surface area contributed by atoms with Gasteiger partial charge in [-0.1, -0.05) is 55.8 Å². The highest BCUT2D eigenvalue weighted by Gasteiger charge is 2.47. The second-order valence-corrected chi connectivity index (χ2v) is 9.25. The van der Waals surface area contributed by atoms with Crippen LogP contribution in [0.2, 0.25) is 0 Å². The van der Waals surface area contributed by atoms with E-state index in [4.69, 9.17) is 0 Å². The van der Waals surface area contributed by atoms with E-state index < -0.39 is 0 Å². The van der Waals surface area contributed by atoms with Gasteiger partial charge in [-0.15, -0.1) is 0 Å². The molecule has 0 aromatic heterocycles. The van der Waals surface area contributed by atoms with Crippen LogP contribution in [-0.2, 0) is 5.41 Å². The molecule has 3 aliphatic carbocycles. The largest absolute Gasteiger partial charge is 0.0844 e.